The lowest BCUT2D eigenvalue weighted by Gasteiger charge is -2.27. The molecule has 1 saturated heterocycles. The molecule has 0 aliphatic carbocycles. The van der Waals surface area contributed by atoms with E-state index in [1.807, 2.05) is 30.3 Å². The molecule has 6 heteroatoms. The quantitative estimate of drug-likeness (QED) is 0.475. The van der Waals surface area contributed by atoms with E-state index in [-0.39, 0.29) is 18.8 Å². The number of hydrogen-bond donors (Lipinski definition) is 0. The molecule has 0 radical (unpaired) electrons. The van der Waals surface area contributed by atoms with Crippen LogP contribution in [0.25, 0.3) is 0 Å². The summed E-state index contributed by atoms with van der Waals surface area (Å²) in [5.74, 6) is -0.270. The highest BCUT2D eigenvalue weighted by Gasteiger charge is 2.28. The van der Waals surface area contributed by atoms with Crippen LogP contribution in [0.3, 0.4) is 0 Å². The molecular formula is C18H26ClNO4. The van der Waals surface area contributed by atoms with E-state index in [1.54, 1.807) is 4.90 Å². The van der Waals surface area contributed by atoms with Crippen LogP contribution in [0, 0.1) is 0 Å². The zero-order valence-corrected chi connectivity index (χ0v) is 14.9. The molecule has 0 aromatic heterocycles. The molecule has 0 saturated carbocycles. The standard InChI is InChI=1S/C18H26ClNO4/c1-2-3-4-8-11-23-17(19)18(21)20(12-16-13-22-14-24-16)15-9-6-5-7-10-15/h5-7,9-10,16-17H,2-4,8,11-14H2,1H3. The van der Waals surface area contributed by atoms with E-state index in [1.165, 1.54) is 6.42 Å². The smallest absolute Gasteiger partial charge is 0.271 e. The molecule has 1 heterocycles. The summed E-state index contributed by atoms with van der Waals surface area (Å²) < 4.78 is 16.2. The van der Waals surface area contributed by atoms with E-state index in [0.29, 0.717) is 19.8 Å². The first-order valence-electron chi connectivity index (χ1n) is 8.53. The highest BCUT2D eigenvalue weighted by atomic mass is 35.5. The molecule has 1 aromatic rings. The van der Waals surface area contributed by atoms with Gasteiger partial charge >= 0.3 is 0 Å². The number of hydrogen-bond acceptors (Lipinski definition) is 4. The van der Waals surface area contributed by atoms with Crippen LogP contribution in [-0.4, -0.2) is 44.1 Å². The monoisotopic (exact) mass is 355 g/mol. The van der Waals surface area contributed by atoms with Crippen molar-refractivity contribution in [2.75, 3.05) is 31.5 Å². The van der Waals surface area contributed by atoms with E-state index < -0.39 is 5.56 Å². The van der Waals surface area contributed by atoms with Gasteiger partial charge in [-0.15, -0.1) is 0 Å². The number of ether oxygens (including phenoxy) is 3. The van der Waals surface area contributed by atoms with Crippen molar-refractivity contribution in [2.45, 2.75) is 44.3 Å². The Morgan fingerprint density at radius 1 is 1.33 bits per heavy atom. The van der Waals surface area contributed by atoms with E-state index in [0.717, 1.165) is 24.9 Å². The molecule has 5 nitrogen and oxygen atoms in total. The van der Waals surface area contributed by atoms with Crippen LogP contribution < -0.4 is 4.90 Å². The van der Waals surface area contributed by atoms with Crippen molar-refractivity contribution >= 4 is 23.2 Å². The van der Waals surface area contributed by atoms with Crippen molar-refractivity contribution in [3.8, 4) is 0 Å². The number of amides is 1. The van der Waals surface area contributed by atoms with E-state index in [2.05, 4.69) is 6.92 Å². The third-order valence-electron chi connectivity index (χ3n) is 3.87. The minimum absolute atomic E-state index is 0.150. The number of rotatable bonds is 10. The topological polar surface area (TPSA) is 48.0 Å². The second-order valence-corrected chi connectivity index (χ2v) is 6.21. The van der Waals surface area contributed by atoms with Gasteiger partial charge in [0.15, 0.2) is 0 Å². The van der Waals surface area contributed by atoms with Gasteiger partial charge < -0.3 is 19.1 Å². The van der Waals surface area contributed by atoms with Crippen molar-refractivity contribution in [1.29, 1.82) is 0 Å². The van der Waals surface area contributed by atoms with Gasteiger partial charge in [-0.3, -0.25) is 4.79 Å². The van der Waals surface area contributed by atoms with Gasteiger partial charge in [0.2, 0.25) is 5.56 Å². The average molecular weight is 356 g/mol. The van der Waals surface area contributed by atoms with E-state index in [4.69, 9.17) is 25.8 Å². The van der Waals surface area contributed by atoms with Crippen LogP contribution in [0.2, 0.25) is 0 Å². The van der Waals surface area contributed by atoms with Gasteiger partial charge in [0.1, 0.15) is 12.9 Å². The lowest BCUT2D eigenvalue weighted by atomic mass is 10.2. The number of para-hydroxylation sites is 1. The van der Waals surface area contributed by atoms with Crippen molar-refractivity contribution in [1.82, 2.24) is 0 Å². The first-order valence-corrected chi connectivity index (χ1v) is 8.97. The number of nitrogens with zero attached hydrogens (tertiary/aromatic N) is 1. The predicted octanol–water partition coefficient (Wildman–Crippen LogP) is 3.55. The third kappa shape index (κ3) is 6.06. The van der Waals surface area contributed by atoms with Gasteiger partial charge in [-0.2, -0.15) is 0 Å². The lowest BCUT2D eigenvalue weighted by Crippen LogP contribution is -2.43. The summed E-state index contributed by atoms with van der Waals surface area (Å²) in [6, 6.07) is 9.42. The number of anilines is 1. The molecule has 134 valence electrons. The molecule has 1 aliphatic heterocycles. The molecule has 1 aliphatic rings. The fourth-order valence-electron chi connectivity index (χ4n) is 2.52. The molecule has 0 spiro atoms. The summed E-state index contributed by atoms with van der Waals surface area (Å²) in [7, 11) is 0. The molecule has 24 heavy (non-hydrogen) atoms. The summed E-state index contributed by atoms with van der Waals surface area (Å²) >= 11 is 6.19. The van der Waals surface area contributed by atoms with Crippen LogP contribution in [0.1, 0.15) is 32.6 Å². The number of carbonyl (C=O) groups is 1. The Morgan fingerprint density at radius 2 is 2.12 bits per heavy atom. The maximum absolute atomic E-state index is 12.7. The lowest BCUT2D eigenvalue weighted by molar-refractivity contribution is -0.125. The Hall–Kier alpha value is -1.14. The van der Waals surface area contributed by atoms with Crippen molar-refractivity contribution in [3.05, 3.63) is 30.3 Å². The van der Waals surface area contributed by atoms with Gasteiger partial charge in [-0.1, -0.05) is 56.0 Å². The predicted molar refractivity (Wildman–Crippen MR) is 94.2 cm³/mol. The van der Waals surface area contributed by atoms with Crippen molar-refractivity contribution in [2.24, 2.45) is 0 Å². The van der Waals surface area contributed by atoms with Gasteiger partial charge in [-0.25, -0.2) is 0 Å². The molecule has 1 fully saturated rings. The second kappa shape index (κ2) is 10.7. The minimum Gasteiger partial charge on any atom is -0.353 e. The van der Waals surface area contributed by atoms with Crippen molar-refractivity contribution in [3.63, 3.8) is 0 Å². The first-order chi connectivity index (χ1) is 11.7. The zero-order chi connectivity index (χ0) is 17.2. The van der Waals surface area contributed by atoms with Crippen molar-refractivity contribution < 1.29 is 19.0 Å². The second-order valence-electron chi connectivity index (χ2n) is 5.81. The fourth-order valence-corrected chi connectivity index (χ4v) is 2.73. The van der Waals surface area contributed by atoms with E-state index >= 15 is 0 Å². The Bertz CT molecular complexity index is 479. The normalized spacial score (nSPS) is 18.5. The van der Waals surface area contributed by atoms with Gasteiger partial charge in [-0.05, 0) is 18.6 Å². The molecule has 2 rings (SSSR count). The molecule has 0 N–H and O–H groups in total. The highest BCUT2D eigenvalue weighted by molar-refractivity contribution is 6.31. The van der Waals surface area contributed by atoms with Crippen LogP contribution in [0.4, 0.5) is 5.69 Å². The van der Waals surface area contributed by atoms with Crippen LogP contribution >= 0.6 is 11.6 Å². The summed E-state index contributed by atoms with van der Waals surface area (Å²) in [5, 5.41) is 0. The molecular weight excluding hydrogens is 330 g/mol. The minimum atomic E-state index is -0.992. The number of alkyl halides is 1. The van der Waals surface area contributed by atoms with Crippen LogP contribution in [-0.2, 0) is 19.0 Å². The molecule has 2 unspecified atom stereocenters. The third-order valence-corrected chi connectivity index (χ3v) is 4.18. The number of unbranched alkanes of at least 4 members (excludes halogenated alkanes) is 3. The average Bonchev–Trinajstić information content (AvgIpc) is 3.12. The maximum atomic E-state index is 12.7. The largest absolute Gasteiger partial charge is 0.353 e. The number of carbonyl (C=O) groups excluding carboxylic acids is 1. The van der Waals surface area contributed by atoms with Gasteiger partial charge in [0, 0.05) is 12.3 Å². The summed E-state index contributed by atoms with van der Waals surface area (Å²) in [6.45, 7) is 3.78. The SMILES string of the molecule is CCCCCCOC(Cl)C(=O)N(CC1COCO1)c1ccccc1. The van der Waals surface area contributed by atoms with Gasteiger partial charge in [0.25, 0.3) is 5.91 Å². The molecule has 2 atom stereocenters. The van der Waals surface area contributed by atoms with E-state index in [9.17, 15) is 4.79 Å². The van der Waals surface area contributed by atoms with Crippen LogP contribution in [0.5, 0.6) is 0 Å². The summed E-state index contributed by atoms with van der Waals surface area (Å²) in [6.07, 6.45) is 4.18. The Kier molecular flexibility index (Phi) is 8.53. The van der Waals surface area contributed by atoms with Crippen LogP contribution in [0.15, 0.2) is 30.3 Å². The van der Waals surface area contributed by atoms with Gasteiger partial charge in [0.05, 0.1) is 13.2 Å². The molecule has 1 aromatic carbocycles. The highest BCUT2D eigenvalue weighted by Crippen LogP contribution is 2.19. The maximum Gasteiger partial charge on any atom is 0.271 e. The number of halogens is 1. The summed E-state index contributed by atoms with van der Waals surface area (Å²) in [5.41, 5.74) is -0.215. The molecule has 0 bridgehead atoms. The Morgan fingerprint density at radius 3 is 2.79 bits per heavy atom. The Labute approximate surface area is 148 Å². The zero-order valence-electron chi connectivity index (χ0n) is 14.2. The Balaban J connectivity index is 1.93. The fraction of sp³-hybridized carbons (Fsp3) is 0.611. The molecule has 1 amide bonds. The first kappa shape index (κ1) is 19.2. The number of benzene rings is 1. The summed E-state index contributed by atoms with van der Waals surface area (Å²) in [4.78, 5) is 14.3.